The van der Waals surface area contributed by atoms with Crippen LogP contribution >= 0.6 is 11.8 Å². The molecule has 0 heterocycles. The molecule has 120 valence electrons. The van der Waals surface area contributed by atoms with Gasteiger partial charge in [0.25, 0.3) is 0 Å². The fraction of sp³-hybridized carbons (Fsp3) is 0.222. The van der Waals surface area contributed by atoms with Crippen molar-refractivity contribution in [3.8, 4) is 0 Å². The second kappa shape index (κ2) is 8.39. The Balaban J connectivity index is 1.78. The molecule has 4 nitrogen and oxygen atoms in total. The predicted molar refractivity (Wildman–Crippen MR) is 93.3 cm³/mol. The quantitative estimate of drug-likeness (QED) is 0.826. The topological polar surface area (TPSA) is 58.2 Å². The Morgan fingerprint density at radius 3 is 2.35 bits per heavy atom. The minimum absolute atomic E-state index is 0.305. The van der Waals surface area contributed by atoms with Gasteiger partial charge in [0.2, 0.25) is 5.91 Å². The number of hydrogen-bond donors (Lipinski definition) is 2. The van der Waals surface area contributed by atoms with Crippen LogP contribution in [0.5, 0.6) is 0 Å². The molecule has 1 atom stereocenters. The first-order valence-corrected chi connectivity index (χ1v) is 8.28. The average molecular weight is 328 g/mol. The second-order valence-electron chi connectivity index (χ2n) is 5.23. The molecule has 23 heavy (non-hydrogen) atoms. The molecule has 0 aliphatic rings. The zero-order chi connectivity index (χ0) is 16.7. The Morgan fingerprint density at radius 1 is 1.04 bits per heavy atom. The second-order valence-corrected chi connectivity index (χ2v) is 6.64. The summed E-state index contributed by atoms with van der Waals surface area (Å²) in [6, 6.07) is 17.0. The van der Waals surface area contributed by atoms with Gasteiger partial charge in [-0.2, -0.15) is 0 Å². The van der Waals surface area contributed by atoms with E-state index in [0.29, 0.717) is 6.54 Å². The van der Waals surface area contributed by atoms with Crippen LogP contribution in [0.3, 0.4) is 0 Å². The Hall–Kier alpha value is -2.27. The summed E-state index contributed by atoms with van der Waals surface area (Å²) >= 11 is 1.42. The van der Waals surface area contributed by atoms with Gasteiger partial charge in [-0.1, -0.05) is 48.0 Å². The Kier molecular flexibility index (Phi) is 6.23. The molecule has 0 aliphatic heterocycles. The SMILES string of the molecule is Cc1ccc(SC(C)C(=O)NC(=O)NCc2ccccc2)cc1. The summed E-state index contributed by atoms with van der Waals surface area (Å²) in [7, 11) is 0. The molecular formula is C18H20N2O2S. The third kappa shape index (κ3) is 5.79. The number of hydrogen-bond acceptors (Lipinski definition) is 3. The Morgan fingerprint density at radius 2 is 1.70 bits per heavy atom. The molecular weight excluding hydrogens is 308 g/mol. The van der Waals surface area contributed by atoms with E-state index < -0.39 is 6.03 Å². The van der Waals surface area contributed by atoms with Crippen LogP contribution in [0.1, 0.15) is 18.1 Å². The zero-order valence-corrected chi connectivity index (χ0v) is 14.0. The number of nitrogens with one attached hydrogen (secondary N) is 2. The summed E-state index contributed by atoms with van der Waals surface area (Å²) in [5.41, 5.74) is 2.16. The summed E-state index contributed by atoms with van der Waals surface area (Å²) in [6.07, 6.45) is 0. The van der Waals surface area contributed by atoms with E-state index in [1.165, 1.54) is 17.3 Å². The van der Waals surface area contributed by atoms with Crippen LogP contribution in [0.25, 0.3) is 0 Å². The van der Waals surface area contributed by atoms with Crippen LogP contribution in [-0.4, -0.2) is 17.2 Å². The first-order chi connectivity index (χ1) is 11.0. The van der Waals surface area contributed by atoms with E-state index in [-0.39, 0.29) is 11.2 Å². The third-order valence-corrected chi connectivity index (χ3v) is 4.35. The number of urea groups is 1. The van der Waals surface area contributed by atoms with Crippen molar-refractivity contribution < 1.29 is 9.59 Å². The fourth-order valence-electron chi connectivity index (χ4n) is 1.91. The standard InChI is InChI=1S/C18H20N2O2S/c1-13-8-10-16(11-9-13)23-14(2)17(21)20-18(22)19-12-15-6-4-3-5-7-15/h3-11,14H,12H2,1-2H3,(H2,19,20,21,22). The first-order valence-electron chi connectivity index (χ1n) is 7.40. The molecule has 0 aromatic heterocycles. The van der Waals surface area contributed by atoms with Crippen LogP contribution in [-0.2, 0) is 11.3 Å². The van der Waals surface area contributed by atoms with Crippen LogP contribution in [0.15, 0.2) is 59.5 Å². The minimum Gasteiger partial charge on any atom is -0.334 e. The van der Waals surface area contributed by atoms with E-state index in [9.17, 15) is 9.59 Å². The average Bonchev–Trinajstić information content (AvgIpc) is 2.56. The maximum Gasteiger partial charge on any atom is 0.321 e. The van der Waals surface area contributed by atoms with Gasteiger partial charge in [0.1, 0.15) is 0 Å². The van der Waals surface area contributed by atoms with Gasteiger partial charge in [-0.05, 0) is 31.5 Å². The monoisotopic (exact) mass is 328 g/mol. The highest BCUT2D eigenvalue weighted by Gasteiger charge is 2.16. The van der Waals surface area contributed by atoms with Crippen LogP contribution in [0.2, 0.25) is 0 Å². The summed E-state index contributed by atoms with van der Waals surface area (Å²) in [6.45, 7) is 4.19. The molecule has 0 aliphatic carbocycles. The number of imide groups is 1. The highest BCUT2D eigenvalue weighted by Crippen LogP contribution is 2.23. The number of carbonyl (C=O) groups is 2. The molecule has 2 rings (SSSR count). The summed E-state index contributed by atoms with van der Waals surface area (Å²) in [4.78, 5) is 24.8. The molecule has 0 bridgehead atoms. The molecule has 0 radical (unpaired) electrons. The van der Waals surface area contributed by atoms with E-state index in [1.807, 2.05) is 61.5 Å². The minimum atomic E-state index is -0.477. The molecule has 0 fully saturated rings. The molecule has 2 aromatic rings. The van der Waals surface area contributed by atoms with Gasteiger partial charge < -0.3 is 5.32 Å². The number of benzene rings is 2. The van der Waals surface area contributed by atoms with Crippen molar-refractivity contribution in [3.63, 3.8) is 0 Å². The van der Waals surface area contributed by atoms with E-state index in [0.717, 1.165) is 10.5 Å². The summed E-state index contributed by atoms with van der Waals surface area (Å²) in [5, 5.41) is 4.70. The van der Waals surface area contributed by atoms with E-state index in [4.69, 9.17) is 0 Å². The highest BCUT2D eigenvalue weighted by molar-refractivity contribution is 8.00. The molecule has 2 aromatic carbocycles. The lowest BCUT2D eigenvalue weighted by molar-refractivity contribution is -0.119. The van der Waals surface area contributed by atoms with Crippen LogP contribution in [0.4, 0.5) is 4.79 Å². The van der Waals surface area contributed by atoms with Gasteiger partial charge in [-0.3, -0.25) is 10.1 Å². The highest BCUT2D eigenvalue weighted by atomic mass is 32.2. The van der Waals surface area contributed by atoms with Gasteiger partial charge in [-0.15, -0.1) is 11.8 Å². The van der Waals surface area contributed by atoms with Crippen molar-refractivity contribution in [2.45, 2.75) is 30.5 Å². The van der Waals surface area contributed by atoms with Crippen molar-refractivity contribution in [1.29, 1.82) is 0 Å². The van der Waals surface area contributed by atoms with Gasteiger partial charge in [0, 0.05) is 11.4 Å². The lowest BCUT2D eigenvalue weighted by Gasteiger charge is -2.12. The van der Waals surface area contributed by atoms with Gasteiger partial charge in [-0.25, -0.2) is 4.79 Å². The lowest BCUT2D eigenvalue weighted by Crippen LogP contribution is -2.42. The fourth-order valence-corrected chi connectivity index (χ4v) is 2.78. The number of aryl methyl sites for hydroxylation is 1. The van der Waals surface area contributed by atoms with Crippen molar-refractivity contribution in [1.82, 2.24) is 10.6 Å². The Bertz CT molecular complexity index is 656. The van der Waals surface area contributed by atoms with Gasteiger partial charge in [0.05, 0.1) is 5.25 Å². The number of thioether (sulfide) groups is 1. The summed E-state index contributed by atoms with van der Waals surface area (Å²) in [5.74, 6) is -0.305. The molecule has 1 unspecified atom stereocenters. The molecule has 3 amide bonds. The molecule has 0 saturated heterocycles. The lowest BCUT2D eigenvalue weighted by atomic mass is 10.2. The summed E-state index contributed by atoms with van der Waals surface area (Å²) < 4.78 is 0. The first kappa shape index (κ1) is 17.1. The molecule has 2 N–H and O–H groups in total. The number of rotatable bonds is 5. The Labute approximate surface area is 140 Å². The van der Waals surface area contributed by atoms with Crippen LogP contribution in [0, 0.1) is 6.92 Å². The van der Waals surface area contributed by atoms with Crippen molar-refractivity contribution in [2.24, 2.45) is 0 Å². The van der Waals surface area contributed by atoms with Crippen molar-refractivity contribution >= 4 is 23.7 Å². The maximum atomic E-state index is 12.0. The number of amides is 3. The largest absolute Gasteiger partial charge is 0.334 e. The third-order valence-electron chi connectivity index (χ3n) is 3.24. The molecule has 0 spiro atoms. The zero-order valence-electron chi connectivity index (χ0n) is 13.2. The predicted octanol–water partition coefficient (Wildman–Crippen LogP) is 3.50. The van der Waals surface area contributed by atoms with Gasteiger partial charge >= 0.3 is 6.03 Å². The normalized spacial score (nSPS) is 11.6. The van der Waals surface area contributed by atoms with Gasteiger partial charge in [0.15, 0.2) is 0 Å². The maximum absolute atomic E-state index is 12.0. The molecule has 0 saturated carbocycles. The van der Waals surface area contributed by atoms with E-state index in [2.05, 4.69) is 10.6 Å². The van der Waals surface area contributed by atoms with E-state index >= 15 is 0 Å². The smallest absolute Gasteiger partial charge is 0.321 e. The van der Waals surface area contributed by atoms with Crippen molar-refractivity contribution in [2.75, 3.05) is 0 Å². The number of carbonyl (C=O) groups excluding carboxylic acids is 2. The van der Waals surface area contributed by atoms with Crippen LogP contribution < -0.4 is 10.6 Å². The molecule has 5 heteroatoms. The van der Waals surface area contributed by atoms with E-state index in [1.54, 1.807) is 6.92 Å². The van der Waals surface area contributed by atoms with Crippen molar-refractivity contribution in [3.05, 3.63) is 65.7 Å².